The zero-order valence-corrected chi connectivity index (χ0v) is 15.8. The number of urea groups is 1. The van der Waals surface area contributed by atoms with Crippen LogP contribution in [0.3, 0.4) is 0 Å². The summed E-state index contributed by atoms with van der Waals surface area (Å²) in [6, 6.07) is 5.48. The van der Waals surface area contributed by atoms with Gasteiger partial charge >= 0.3 is 12.2 Å². The predicted octanol–water partition coefficient (Wildman–Crippen LogP) is 5.69. The summed E-state index contributed by atoms with van der Waals surface area (Å²) in [4.78, 5) is 22.9. The molecule has 0 saturated heterocycles. The lowest BCUT2D eigenvalue weighted by atomic mass is 10.2. The van der Waals surface area contributed by atoms with Crippen LogP contribution >= 0.6 is 0 Å². The molecule has 7 nitrogen and oxygen atoms in total. The SMILES string of the molecule is O=C(Nc1ccc(Oc2ccnc3nc[nH]c23)cc1F)Nc1cc(C(F)(F)F)ccc1F. The van der Waals surface area contributed by atoms with E-state index >= 15 is 0 Å². The molecule has 2 amide bonds. The molecule has 164 valence electrons. The molecule has 2 heterocycles. The lowest BCUT2D eigenvalue weighted by Gasteiger charge is -2.13. The number of carbonyl (C=O) groups is 1. The largest absolute Gasteiger partial charge is 0.455 e. The summed E-state index contributed by atoms with van der Waals surface area (Å²) in [7, 11) is 0. The van der Waals surface area contributed by atoms with Gasteiger partial charge in [0.2, 0.25) is 0 Å². The van der Waals surface area contributed by atoms with Gasteiger partial charge < -0.3 is 20.4 Å². The lowest BCUT2D eigenvalue weighted by Crippen LogP contribution is -2.21. The molecule has 4 aromatic rings. The second kappa shape index (κ2) is 8.13. The van der Waals surface area contributed by atoms with E-state index in [4.69, 9.17) is 4.74 Å². The van der Waals surface area contributed by atoms with Gasteiger partial charge in [-0.1, -0.05) is 0 Å². The maximum absolute atomic E-state index is 14.4. The molecule has 0 spiro atoms. The van der Waals surface area contributed by atoms with Crippen molar-refractivity contribution >= 4 is 28.6 Å². The third-order valence-electron chi connectivity index (χ3n) is 4.25. The Kier molecular flexibility index (Phi) is 5.34. The highest BCUT2D eigenvalue weighted by Gasteiger charge is 2.31. The first-order valence-corrected chi connectivity index (χ1v) is 8.91. The quantitative estimate of drug-likeness (QED) is 0.349. The third kappa shape index (κ3) is 4.43. The van der Waals surface area contributed by atoms with Gasteiger partial charge in [0.05, 0.1) is 23.3 Å². The summed E-state index contributed by atoms with van der Waals surface area (Å²) in [5.41, 5.74) is -1.26. The number of hydrogen-bond acceptors (Lipinski definition) is 4. The topological polar surface area (TPSA) is 91.9 Å². The van der Waals surface area contributed by atoms with Gasteiger partial charge in [-0.25, -0.2) is 23.5 Å². The predicted molar refractivity (Wildman–Crippen MR) is 104 cm³/mol. The number of aromatic nitrogens is 3. The maximum atomic E-state index is 14.4. The number of hydrogen-bond donors (Lipinski definition) is 3. The van der Waals surface area contributed by atoms with Crippen LogP contribution in [-0.2, 0) is 6.18 Å². The molecule has 0 saturated carbocycles. The van der Waals surface area contributed by atoms with E-state index in [1.807, 2.05) is 5.32 Å². The first-order chi connectivity index (χ1) is 15.2. The summed E-state index contributed by atoms with van der Waals surface area (Å²) in [5, 5.41) is 4.04. The van der Waals surface area contributed by atoms with Gasteiger partial charge in [0.1, 0.15) is 22.9 Å². The van der Waals surface area contributed by atoms with Crippen LogP contribution in [-0.4, -0.2) is 21.0 Å². The number of rotatable bonds is 4. The molecule has 2 aromatic carbocycles. The molecule has 3 N–H and O–H groups in total. The van der Waals surface area contributed by atoms with Crippen LogP contribution in [0.1, 0.15) is 5.56 Å². The minimum absolute atomic E-state index is 0.0967. The van der Waals surface area contributed by atoms with Crippen molar-refractivity contribution in [3.05, 3.63) is 72.2 Å². The zero-order chi connectivity index (χ0) is 22.9. The Morgan fingerprint density at radius 1 is 0.938 bits per heavy atom. The number of halogens is 5. The summed E-state index contributed by atoms with van der Waals surface area (Å²) < 4.78 is 72.1. The number of fused-ring (bicyclic) bond motifs is 1. The van der Waals surface area contributed by atoms with Crippen LogP contribution < -0.4 is 15.4 Å². The van der Waals surface area contributed by atoms with Gasteiger partial charge in [-0.2, -0.15) is 13.2 Å². The fourth-order valence-corrected chi connectivity index (χ4v) is 2.77. The first kappa shape index (κ1) is 21.0. The van der Waals surface area contributed by atoms with E-state index in [0.29, 0.717) is 35.1 Å². The molecule has 2 aromatic heterocycles. The number of imidazole rings is 1. The molecule has 0 unspecified atom stereocenters. The number of benzene rings is 2. The molecule has 0 aliphatic carbocycles. The minimum Gasteiger partial charge on any atom is -0.455 e. The average molecular weight is 449 g/mol. The van der Waals surface area contributed by atoms with Gasteiger partial charge in [-0.3, -0.25) is 0 Å². The Bertz CT molecular complexity index is 1310. The second-order valence-electron chi connectivity index (χ2n) is 6.43. The number of alkyl halides is 3. The monoisotopic (exact) mass is 449 g/mol. The smallest absolute Gasteiger partial charge is 0.416 e. The fraction of sp³-hybridized carbons (Fsp3) is 0.0500. The van der Waals surface area contributed by atoms with Crippen molar-refractivity contribution in [2.75, 3.05) is 10.6 Å². The lowest BCUT2D eigenvalue weighted by molar-refractivity contribution is -0.137. The van der Waals surface area contributed by atoms with Crippen molar-refractivity contribution in [3.8, 4) is 11.5 Å². The first-order valence-electron chi connectivity index (χ1n) is 8.91. The standard InChI is InChI=1S/C20H12F5N5O2/c21-12-3-1-10(20(23,24)25)7-15(12)30-19(31)29-14-4-2-11(8-13(14)22)32-16-5-6-26-18-17(16)27-9-28-18/h1-9H,(H,26,27,28)(H2,29,30,31). The summed E-state index contributed by atoms with van der Waals surface area (Å²) in [5.74, 6) is -1.54. The molecular weight excluding hydrogens is 437 g/mol. The van der Waals surface area contributed by atoms with Crippen LogP contribution in [0, 0.1) is 11.6 Å². The van der Waals surface area contributed by atoms with Gasteiger partial charge in [0.15, 0.2) is 11.4 Å². The number of ether oxygens (including phenoxy) is 1. The highest BCUT2D eigenvalue weighted by Crippen LogP contribution is 2.32. The highest BCUT2D eigenvalue weighted by molar-refractivity contribution is 6.00. The summed E-state index contributed by atoms with van der Waals surface area (Å²) in [6.07, 6.45) is -1.84. The van der Waals surface area contributed by atoms with E-state index in [0.717, 1.165) is 6.07 Å². The van der Waals surface area contributed by atoms with Crippen molar-refractivity contribution in [1.29, 1.82) is 0 Å². The average Bonchev–Trinajstić information content (AvgIpc) is 3.21. The number of anilines is 2. The van der Waals surface area contributed by atoms with E-state index in [1.54, 1.807) is 6.07 Å². The van der Waals surface area contributed by atoms with Gasteiger partial charge in [0, 0.05) is 18.3 Å². The number of nitrogens with one attached hydrogen (secondary N) is 3. The maximum Gasteiger partial charge on any atom is 0.416 e. The number of H-pyrrole nitrogens is 1. The zero-order valence-electron chi connectivity index (χ0n) is 15.8. The summed E-state index contributed by atoms with van der Waals surface area (Å²) >= 11 is 0. The van der Waals surface area contributed by atoms with Crippen LogP contribution in [0.4, 0.5) is 38.1 Å². The highest BCUT2D eigenvalue weighted by atomic mass is 19.4. The number of nitrogens with zero attached hydrogens (tertiary/aromatic N) is 2. The fourth-order valence-electron chi connectivity index (χ4n) is 2.77. The van der Waals surface area contributed by atoms with Gasteiger partial charge in [-0.05, 0) is 30.3 Å². The molecular formula is C20H12F5N5O2. The van der Waals surface area contributed by atoms with Gasteiger partial charge in [-0.15, -0.1) is 0 Å². The van der Waals surface area contributed by atoms with Crippen molar-refractivity contribution in [3.63, 3.8) is 0 Å². The molecule has 0 bridgehead atoms. The Morgan fingerprint density at radius 3 is 2.47 bits per heavy atom. The number of carbonyl (C=O) groups excluding carboxylic acids is 1. The van der Waals surface area contributed by atoms with Crippen molar-refractivity contribution in [1.82, 2.24) is 15.0 Å². The molecule has 0 aliphatic rings. The second-order valence-corrected chi connectivity index (χ2v) is 6.43. The Morgan fingerprint density at radius 2 is 1.72 bits per heavy atom. The third-order valence-corrected chi connectivity index (χ3v) is 4.25. The number of aromatic amines is 1. The molecule has 0 aliphatic heterocycles. The van der Waals surface area contributed by atoms with E-state index in [2.05, 4.69) is 20.3 Å². The van der Waals surface area contributed by atoms with E-state index in [1.165, 1.54) is 24.7 Å². The Hall–Kier alpha value is -4.22. The molecule has 0 radical (unpaired) electrons. The van der Waals surface area contributed by atoms with Gasteiger partial charge in [0.25, 0.3) is 0 Å². The van der Waals surface area contributed by atoms with Crippen LogP contribution in [0.5, 0.6) is 11.5 Å². The minimum atomic E-state index is -4.72. The number of pyridine rings is 1. The van der Waals surface area contributed by atoms with Crippen molar-refractivity contribution in [2.24, 2.45) is 0 Å². The van der Waals surface area contributed by atoms with E-state index < -0.39 is 35.1 Å². The van der Waals surface area contributed by atoms with Crippen LogP contribution in [0.15, 0.2) is 55.0 Å². The van der Waals surface area contributed by atoms with Crippen molar-refractivity contribution < 1.29 is 31.5 Å². The van der Waals surface area contributed by atoms with E-state index in [-0.39, 0.29) is 11.4 Å². The Labute approximate surface area is 176 Å². The van der Waals surface area contributed by atoms with E-state index in [9.17, 15) is 26.7 Å². The molecule has 12 heteroatoms. The molecule has 32 heavy (non-hydrogen) atoms. The molecule has 4 rings (SSSR count). The normalized spacial score (nSPS) is 11.4. The Balaban J connectivity index is 1.47. The van der Waals surface area contributed by atoms with Crippen molar-refractivity contribution in [2.45, 2.75) is 6.18 Å². The molecule has 0 atom stereocenters. The molecule has 0 fully saturated rings. The summed E-state index contributed by atoms with van der Waals surface area (Å²) in [6.45, 7) is 0. The van der Waals surface area contributed by atoms with Crippen LogP contribution in [0.2, 0.25) is 0 Å². The van der Waals surface area contributed by atoms with Crippen LogP contribution in [0.25, 0.3) is 11.2 Å². The number of amides is 2.